The van der Waals surface area contributed by atoms with Gasteiger partial charge in [-0.1, -0.05) is 13.3 Å². The normalized spacial score (nSPS) is 20.3. The summed E-state index contributed by atoms with van der Waals surface area (Å²) in [5.74, 6) is 0. The third kappa shape index (κ3) is 4.27. The summed E-state index contributed by atoms with van der Waals surface area (Å²) in [6.07, 6.45) is 5.85. The van der Waals surface area contributed by atoms with Crippen molar-refractivity contribution in [3.63, 3.8) is 0 Å². The molecule has 1 N–H and O–H groups in total. The molecule has 5 heteroatoms. The molecule has 1 aromatic heterocycles. The number of unbranched alkanes of at least 4 members (excludes halogenated alkanes) is 1. The van der Waals surface area contributed by atoms with Crippen molar-refractivity contribution in [1.82, 2.24) is 5.32 Å². The van der Waals surface area contributed by atoms with Gasteiger partial charge in [-0.05, 0) is 76.1 Å². The van der Waals surface area contributed by atoms with E-state index in [2.05, 4.69) is 57.5 Å². The fourth-order valence-corrected chi connectivity index (χ4v) is 3.54. The quantitative estimate of drug-likeness (QED) is 0.753. The van der Waals surface area contributed by atoms with Gasteiger partial charge in [0.15, 0.2) is 0 Å². The molecular formula is C18H30BNO2S. The van der Waals surface area contributed by atoms with Crippen LogP contribution in [0.5, 0.6) is 0 Å². The maximum Gasteiger partial charge on any atom is 0.491 e. The zero-order valence-electron chi connectivity index (χ0n) is 15.4. The summed E-state index contributed by atoms with van der Waals surface area (Å²) in [6.45, 7) is 11.4. The zero-order valence-corrected chi connectivity index (χ0v) is 16.2. The molecule has 0 amide bonds. The molecular weight excluding hydrogens is 305 g/mol. The Kier molecular flexibility index (Phi) is 6.12. The Morgan fingerprint density at radius 1 is 1.26 bits per heavy atom. The highest BCUT2D eigenvalue weighted by atomic mass is 32.1. The van der Waals surface area contributed by atoms with E-state index in [1.165, 1.54) is 23.3 Å². The predicted octanol–water partition coefficient (Wildman–Crippen LogP) is 4.32. The molecule has 128 valence electrons. The first kappa shape index (κ1) is 18.7. The number of likely N-dealkylation sites (N-methyl/N-ethyl adjacent to an activating group) is 1. The molecule has 0 aromatic carbocycles. The van der Waals surface area contributed by atoms with Crippen LogP contribution in [0.3, 0.4) is 0 Å². The molecule has 0 unspecified atom stereocenters. The predicted molar refractivity (Wildman–Crippen MR) is 101 cm³/mol. The molecule has 23 heavy (non-hydrogen) atoms. The molecule has 0 atom stereocenters. The first-order chi connectivity index (χ1) is 10.8. The number of nitrogens with one attached hydrogen (secondary N) is 1. The lowest BCUT2D eigenvalue weighted by Gasteiger charge is -2.32. The van der Waals surface area contributed by atoms with Crippen LogP contribution in [-0.2, 0) is 15.7 Å². The van der Waals surface area contributed by atoms with Gasteiger partial charge in [-0.15, -0.1) is 11.3 Å². The smallest absolute Gasteiger partial charge is 0.400 e. The molecule has 1 fully saturated rings. The Bertz CT molecular complexity index is 535. The highest BCUT2D eigenvalue weighted by Crippen LogP contribution is 2.39. The zero-order chi connectivity index (χ0) is 17.1. The summed E-state index contributed by atoms with van der Waals surface area (Å²) in [4.78, 5) is 1.33. The van der Waals surface area contributed by atoms with Gasteiger partial charge in [-0.2, -0.15) is 0 Å². The number of hydrogen-bond donors (Lipinski definition) is 1. The van der Waals surface area contributed by atoms with E-state index in [0.29, 0.717) is 0 Å². The lowest BCUT2D eigenvalue weighted by Crippen LogP contribution is -2.41. The Balaban J connectivity index is 2.24. The standard InChI is InChI=1S/C18H30BNO2S/c1-7-8-9-14-10-11-23-16(14)12-15(13-20-6)19-21-17(2,3)18(4,5)22-19/h10-12,20H,7-9,13H2,1-6H3. The highest BCUT2D eigenvalue weighted by Gasteiger charge is 2.52. The van der Waals surface area contributed by atoms with E-state index in [-0.39, 0.29) is 18.3 Å². The summed E-state index contributed by atoms with van der Waals surface area (Å²) >= 11 is 1.80. The second kappa shape index (κ2) is 7.52. The second-order valence-corrected chi connectivity index (χ2v) is 8.20. The molecule has 1 aliphatic heterocycles. The van der Waals surface area contributed by atoms with E-state index in [0.717, 1.165) is 18.4 Å². The SMILES string of the molecule is CCCCc1ccsc1C=C(CNC)B1OC(C)(C)C(C)(C)O1. The molecule has 2 heterocycles. The Hall–Kier alpha value is -0.615. The van der Waals surface area contributed by atoms with Crippen LogP contribution in [0.1, 0.15) is 57.9 Å². The largest absolute Gasteiger partial charge is 0.491 e. The average Bonchev–Trinajstić information content (AvgIpc) is 2.98. The van der Waals surface area contributed by atoms with Crippen LogP contribution in [0.4, 0.5) is 0 Å². The second-order valence-electron chi connectivity index (χ2n) is 7.25. The first-order valence-corrected chi connectivity index (χ1v) is 9.45. The minimum atomic E-state index is -0.301. The van der Waals surface area contributed by atoms with Crippen molar-refractivity contribution in [1.29, 1.82) is 0 Å². The molecule has 1 aromatic rings. The van der Waals surface area contributed by atoms with E-state index in [9.17, 15) is 0 Å². The van der Waals surface area contributed by atoms with Gasteiger partial charge < -0.3 is 14.6 Å². The lowest BCUT2D eigenvalue weighted by atomic mass is 9.77. The van der Waals surface area contributed by atoms with E-state index >= 15 is 0 Å². The van der Waals surface area contributed by atoms with Gasteiger partial charge in [-0.25, -0.2) is 0 Å². The fraction of sp³-hybridized carbons (Fsp3) is 0.667. The van der Waals surface area contributed by atoms with Gasteiger partial charge in [0.05, 0.1) is 11.2 Å². The first-order valence-electron chi connectivity index (χ1n) is 8.58. The van der Waals surface area contributed by atoms with Crippen molar-refractivity contribution >= 4 is 24.5 Å². The van der Waals surface area contributed by atoms with Gasteiger partial charge in [0, 0.05) is 11.4 Å². The van der Waals surface area contributed by atoms with Crippen molar-refractivity contribution in [2.24, 2.45) is 0 Å². The minimum absolute atomic E-state index is 0.284. The maximum atomic E-state index is 6.22. The monoisotopic (exact) mass is 335 g/mol. The van der Waals surface area contributed by atoms with Crippen LogP contribution in [0.2, 0.25) is 0 Å². The van der Waals surface area contributed by atoms with E-state index in [1.807, 2.05) is 7.05 Å². The lowest BCUT2D eigenvalue weighted by molar-refractivity contribution is 0.00578. The molecule has 0 radical (unpaired) electrons. The van der Waals surface area contributed by atoms with E-state index in [1.54, 1.807) is 11.3 Å². The van der Waals surface area contributed by atoms with Gasteiger partial charge in [0.25, 0.3) is 0 Å². The van der Waals surface area contributed by atoms with Gasteiger partial charge in [0.1, 0.15) is 0 Å². The Labute approximate surface area is 145 Å². The number of aryl methyl sites for hydroxylation is 1. The van der Waals surface area contributed by atoms with Crippen molar-refractivity contribution < 1.29 is 9.31 Å². The molecule has 2 rings (SSSR count). The number of thiophene rings is 1. The topological polar surface area (TPSA) is 30.5 Å². The highest BCUT2D eigenvalue weighted by molar-refractivity contribution is 7.11. The summed E-state index contributed by atoms with van der Waals surface area (Å²) < 4.78 is 12.4. The summed E-state index contributed by atoms with van der Waals surface area (Å²) in [7, 11) is 1.68. The van der Waals surface area contributed by atoms with Crippen molar-refractivity contribution in [2.45, 2.75) is 65.1 Å². The molecule has 3 nitrogen and oxygen atoms in total. The molecule has 0 bridgehead atoms. The van der Waals surface area contributed by atoms with Gasteiger partial charge in [0.2, 0.25) is 0 Å². The van der Waals surface area contributed by atoms with Crippen LogP contribution < -0.4 is 5.32 Å². The van der Waals surface area contributed by atoms with Crippen LogP contribution in [0.15, 0.2) is 16.9 Å². The summed E-state index contributed by atoms with van der Waals surface area (Å²) in [5, 5.41) is 5.43. The van der Waals surface area contributed by atoms with Gasteiger partial charge >= 0.3 is 7.12 Å². The van der Waals surface area contributed by atoms with E-state index < -0.39 is 0 Å². The van der Waals surface area contributed by atoms with Crippen molar-refractivity contribution in [3.8, 4) is 0 Å². The molecule has 1 aliphatic rings. The third-order valence-electron chi connectivity index (χ3n) is 4.83. The maximum absolute atomic E-state index is 6.22. The molecule has 0 aliphatic carbocycles. The van der Waals surface area contributed by atoms with Crippen molar-refractivity contribution in [3.05, 3.63) is 27.4 Å². The summed E-state index contributed by atoms with van der Waals surface area (Å²) in [5.41, 5.74) is 1.99. The fourth-order valence-electron chi connectivity index (χ4n) is 2.62. The van der Waals surface area contributed by atoms with Gasteiger partial charge in [-0.3, -0.25) is 0 Å². The average molecular weight is 335 g/mol. The minimum Gasteiger partial charge on any atom is -0.400 e. The van der Waals surface area contributed by atoms with Crippen LogP contribution in [0.25, 0.3) is 6.08 Å². The Morgan fingerprint density at radius 3 is 2.48 bits per heavy atom. The van der Waals surface area contributed by atoms with Crippen molar-refractivity contribution in [2.75, 3.05) is 13.6 Å². The number of hydrogen-bond acceptors (Lipinski definition) is 4. The third-order valence-corrected chi connectivity index (χ3v) is 5.74. The van der Waals surface area contributed by atoms with E-state index in [4.69, 9.17) is 9.31 Å². The molecule has 0 saturated carbocycles. The molecule has 0 spiro atoms. The Morgan fingerprint density at radius 2 is 1.91 bits per heavy atom. The van der Waals surface area contributed by atoms with Crippen LogP contribution >= 0.6 is 11.3 Å². The molecule has 1 saturated heterocycles. The van der Waals surface area contributed by atoms with Crippen LogP contribution in [-0.4, -0.2) is 31.9 Å². The summed E-state index contributed by atoms with van der Waals surface area (Å²) in [6, 6.07) is 2.24. The number of rotatable bonds is 7. The van der Waals surface area contributed by atoms with Crippen LogP contribution in [0, 0.1) is 0 Å².